The summed E-state index contributed by atoms with van der Waals surface area (Å²) < 4.78 is 0. The molecule has 1 amide bonds. The molecule has 2 atom stereocenters. The van der Waals surface area contributed by atoms with Crippen molar-refractivity contribution in [2.75, 3.05) is 6.54 Å². The molecular formula is C17H23NO3. The van der Waals surface area contributed by atoms with Crippen LogP contribution in [-0.2, 0) is 16.0 Å². The van der Waals surface area contributed by atoms with Crippen LogP contribution in [0.4, 0.5) is 0 Å². The van der Waals surface area contributed by atoms with Crippen LogP contribution in [0.15, 0.2) is 30.3 Å². The number of carboxylic acids is 1. The van der Waals surface area contributed by atoms with Gasteiger partial charge in [0, 0.05) is 13.0 Å². The van der Waals surface area contributed by atoms with Crippen LogP contribution in [0.1, 0.15) is 38.2 Å². The van der Waals surface area contributed by atoms with E-state index in [1.807, 2.05) is 30.3 Å². The van der Waals surface area contributed by atoms with Crippen LogP contribution in [0, 0.1) is 5.92 Å². The number of carboxylic acid groups (broad SMARTS) is 1. The van der Waals surface area contributed by atoms with Crippen molar-refractivity contribution in [3.63, 3.8) is 0 Å². The summed E-state index contributed by atoms with van der Waals surface area (Å²) in [7, 11) is 0. The Morgan fingerprint density at radius 2 is 2.00 bits per heavy atom. The summed E-state index contributed by atoms with van der Waals surface area (Å²) in [5.41, 5.74) is 1.11. The van der Waals surface area contributed by atoms with Crippen LogP contribution >= 0.6 is 0 Å². The van der Waals surface area contributed by atoms with Gasteiger partial charge in [-0.1, -0.05) is 43.7 Å². The number of aryl methyl sites for hydroxylation is 1. The standard InChI is InChI=1S/C17H23NO3/c1-2-13-10-11-18(15(12-13)17(20)21)16(19)9-8-14-6-4-3-5-7-14/h3-7,13,15H,2,8-12H2,1H3,(H,20,21). The van der Waals surface area contributed by atoms with E-state index < -0.39 is 12.0 Å². The number of nitrogens with zero attached hydrogens (tertiary/aromatic N) is 1. The number of aliphatic carboxylic acids is 1. The Labute approximate surface area is 125 Å². The summed E-state index contributed by atoms with van der Waals surface area (Å²) >= 11 is 0. The zero-order chi connectivity index (χ0) is 15.2. The third-order valence-corrected chi connectivity index (χ3v) is 4.36. The Balaban J connectivity index is 1.95. The van der Waals surface area contributed by atoms with Crippen molar-refractivity contribution in [3.8, 4) is 0 Å². The molecule has 1 aliphatic rings. The largest absolute Gasteiger partial charge is 0.480 e. The second-order valence-corrected chi connectivity index (χ2v) is 5.73. The van der Waals surface area contributed by atoms with Gasteiger partial charge in [-0.05, 0) is 30.7 Å². The van der Waals surface area contributed by atoms with E-state index in [0.29, 0.717) is 31.7 Å². The number of amides is 1. The first-order chi connectivity index (χ1) is 10.1. The minimum atomic E-state index is -0.874. The first-order valence-electron chi connectivity index (χ1n) is 7.68. The molecule has 0 saturated carbocycles. The number of rotatable bonds is 5. The molecule has 1 fully saturated rings. The summed E-state index contributed by atoms with van der Waals surface area (Å²) in [4.78, 5) is 25.3. The summed E-state index contributed by atoms with van der Waals surface area (Å²) in [5, 5.41) is 9.36. The van der Waals surface area contributed by atoms with Gasteiger partial charge in [-0.2, -0.15) is 0 Å². The minimum Gasteiger partial charge on any atom is -0.480 e. The highest BCUT2D eigenvalue weighted by Crippen LogP contribution is 2.26. The van der Waals surface area contributed by atoms with E-state index in [2.05, 4.69) is 6.92 Å². The molecule has 1 aliphatic heterocycles. The van der Waals surface area contributed by atoms with Gasteiger partial charge in [0.05, 0.1) is 0 Å². The Kier molecular flexibility index (Phi) is 5.37. The van der Waals surface area contributed by atoms with Gasteiger partial charge in [-0.15, -0.1) is 0 Å². The van der Waals surface area contributed by atoms with Crippen molar-refractivity contribution in [3.05, 3.63) is 35.9 Å². The van der Waals surface area contributed by atoms with Gasteiger partial charge in [-0.25, -0.2) is 4.79 Å². The van der Waals surface area contributed by atoms with Crippen molar-refractivity contribution in [1.82, 2.24) is 4.90 Å². The third kappa shape index (κ3) is 4.06. The smallest absolute Gasteiger partial charge is 0.326 e. The van der Waals surface area contributed by atoms with Gasteiger partial charge in [0.1, 0.15) is 6.04 Å². The predicted octanol–water partition coefficient (Wildman–Crippen LogP) is 2.72. The van der Waals surface area contributed by atoms with Gasteiger partial charge in [0.25, 0.3) is 0 Å². The number of carbonyl (C=O) groups is 2. The van der Waals surface area contributed by atoms with Crippen molar-refractivity contribution in [1.29, 1.82) is 0 Å². The second-order valence-electron chi connectivity index (χ2n) is 5.73. The molecule has 4 nitrogen and oxygen atoms in total. The number of hydrogen-bond donors (Lipinski definition) is 1. The fourth-order valence-electron chi connectivity index (χ4n) is 2.98. The highest BCUT2D eigenvalue weighted by Gasteiger charge is 2.35. The van der Waals surface area contributed by atoms with Crippen molar-refractivity contribution in [2.45, 2.75) is 45.1 Å². The summed E-state index contributed by atoms with van der Waals surface area (Å²) in [6.45, 7) is 2.65. The Morgan fingerprint density at radius 1 is 1.29 bits per heavy atom. The number of piperidine rings is 1. The first kappa shape index (κ1) is 15.5. The van der Waals surface area contributed by atoms with Gasteiger partial charge < -0.3 is 10.0 Å². The molecule has 4 heteroatoms. The Bertz CT molecular complexity index is 486. The van der Waals surface area contributed by atoms with E-state index >= 15 is 0 Å². The lowest BCUT2D eigenvalue weighted by Crippen LogP contribution is -2.50. The maximum Gasteiger partial charge on any atom is 0.326 e. The number of carbonyl (C=O) groups excluding carboxylic acids is 1. The maximum absolute atomic E-state index is 12.3. The lowest BCUT2D eigenvalue weighted by atomic mass is 9.88. The van der Waals surface area contributed by atoms with Gasteiger partial charge in [0.15, 0.2) is 0 Å². The average Bonchev–Trinajstić information content (AvgIpc) is 2.52. The predicted molar refractivity (Wildman–Crippen MR) is 80.9 cm³/mol. The minimum absolute atomic E-state index is 0.0409. The molecule has 0 radical (unpaired) electrons. The fraction of sp³-hybridized carbons (Fsp3) is 0.529. The number of benzene rings is 1. The lowest BCUT2D eigenvalue weighted by Gasteiger charge is -2.37. The van der Waals surface area contributed by atoms with Crippen LogP contribution in [0.3, 0.4) is 0 Å². The van der Waals surface area contributed by atoms with E-state index in [1.54, 1.807) is 4.90 Å². The molecule has 2 rings (SSSR count). The molecule has 0 aromatic heterocycles. The first-order valence-corrected chi connectivity index (χ1v) is 7.68. The molecule has 1 N–H and O–H groups in total. The Hall–Kier alpha value is -1.84. The molecule has 1 aromatic carbocycles. The van der Waals surface area contributed by atoms with E-state index in [4.69, 9.17) is 0 Å². The highest BCUT2D eigenvalue weighted by molar-refractivity contribution is 5.84. The quantitative estimate of drug-likeness (QED) is 0.906. The van der Waals surface area contributed by atoms with Gasteiger partial charge >= 0.3 is 5.97 Å². The van der Waals surface area contributed by atoms with Crippen molar-refractivity contribution >= 4 is 11.9 Å². The molecule has 0 spiro atoms. The third-order valence-electron chi connectivity index (χ3n) is 4.36. The van der Waals surface area contributed by atoms with Gasteiger partial charge in [0.2, 0.25) is 5.91 Å². The molecule has 0 bridgehead atoms. The molecular weight excluding hydrogens is 266 g/mol. The number of hydrogen-bond acceptors (Lipinski definition) is 2. The van der Waals surface area contributed by atoms with Crippen LogP contribution in [0.5, 0.6) is 0 Å². The summed E-state index contributed by atoms with van der Waals surface area (Å²) in [6, 6.07) is 9.18. The fourth-order valence-corrected chi connectivity index (χ4v) is 2.98. The second kappa shape index (κ2) is 7.25. The maximum atomic E-state index is 12.3. The Morgan fingerprint density at radius 3 is 2.62 bits per heavy atom. The van der Waals surface area contributed by atoms with Crippen molar-refractivity contribution in [2.24, 2.45) is 5.92 Å². The van der Waals surface area contributed by atoms with Gasteiger partial charge in [-0.3, -0.25) is 4.79 Å². The van der Waals surface area contributed by atoms with E-state index in [1.165, 1.54) is 0 Å². The highest BCUT2D eigenvalue weighted by atomic mass is 16.4. The molecule has 0 aliphatic carbocycles. The summed E-state index contributed by atoms with van der Waals surface area (Å²) in [5.74, 6) is -0.494. The molecule has 2 unspecified atom stereocenters. The molecule has 21 heavy (non-hydrogen) atoms. The topological polar surface area (TPSA) is 57.6 Å². The lowest BCUT2D eigenvalue weighted by molar-refractivity contribution is -0.153. The SMILES string of the molecule is CCC1CCN(C(=O)CCc2ccccc2)C(C(=O)O)C1. The number of likely N-dealkylation sites (tertiary alicyclic amines) is 1. The van der Waals surface area contributed by atoms with Crippen molar-refractivity contribution < 1.29 is 14.7 Å². The monoisotopic (exact) mass is 289 g/mol. The zero-order valence-electron chi connectivity index (χ0n) is 12.5. The zero-order valence-corrected chi connectivity index (χ0v) is 12.5. The van der Waals surface area contributed by atoms with Crippen LogP contribution in [0.25, 0.3) is 0 Å². The molecule has 1 aromatic rings. The molecule has 114 valence electrons. The van der Waals surface area contributed by atoms with Crippen LogP contribution < -0.4 is 0 Å². The van der Waals surface area contributed by atoms with Crippen LogP contribution in [-0.4, -0.2) is 34.5 Å². The van der Waals surface area contributed by atoms with E-state index in [-0.39, 0.29) is 5.91 Å². The van der Waals surface area contributed by atoms with E-state index in [9.17, 15) is 14.7 Å². The molecule has 1 saturated heterocycles. The van der Waals surface area contributed by atoms with Crippen LogP contribution in [0.2, 0.25) is 0 Å². The summed E-state index contributed by atoms with van der Waals surface area (Å²) in [6.07, 6.45) is 3.53. The molecule has 1 heterocycles. The normalized spacial score (nSPS) is 22.0. The van der Waals surface area contributed by atoms with E-state index in [0.717, 1.165) is 18.4 Å². The average molecular weight is 289 g/mol.